The van der Waals surface area contributed by atoms with Gasteiger partial charge in [0.2, 0.25) is 0 Å². The molecule has 0 aliphatic heterocycles. The Labute approximate surface area is 92.7 Å². The number of para-hydroxylation sites is 1. The lowest BCUT2D eigenvalue weighted by molar-refractivity contribution is 0.0995. The van der Waals surface area contributed by atoms with Gasteiger partial charge in [0, 0.05) is 6.20 Å². The van der Waals surface area contributed by atoms with Crippen LogP contribution in [-0.2, 0) is 0 Å². The fourth-order valence-electron chi connectivity index (χ4n) is 1.45. The first kappa shape index (κ1) is 10.2. The van der Waals surface area contributed by atoms with Crippen LogP contribution >= 0.6 is 0 Å². The number of primary amides is 1. The molecule has 82 valence electrons. The first-order chi connectivity index (χ1) is 7.59. The van der Waals surface area contributed by atoms with E-state index in [1.165, 1.54) is 0 Å². The van der Waals surface area contributed by atoms with Gasteiger partial charge in [0.15, 0.2) is 0 Å². The number of anilines is 1. The van der Waals surface area contributed by atoms with Crippen LogP contribution in [0.5, 0.6) is 0 Å². The number of amides is 1. The maximum absolute atomic E-state index is 10.9. The molecule has 0 unspecified atom stereocenters. The average molecular weight is 216 g/mol. The summed E-state index contributed by atoms with van der Waals surface area (Å²) in [6.07, 6.45) is 1.66. The van der Waals surface area contributed by atoms with Crippen LogP contribution in [-0.4, -0.2) is 15.7 Å². The van der Waals surface area contributed by atoms with E-state index in [4.69, 9.17) is 11.5 Å². The van der Waals surface area contributed by atoms with E-state index in [2.05, 4.69) is 5.10 Å². The highest BCUT2D eigenvalue weighted by molar-refractivity contribution is 5.90. The zero-order valence-electron chi connectivity index (χ0n) is 8.84. The highest BCUT2D eigenvalue weighted by atomic mass is 16.1. The Kier molecular flexibility index (Phi) is 2.36. The number of benzene rings is 1. The van der Waals surface area contributed by atoms with Gasteiger partial charge in [-0.15, -0.1) is 0 Å². The number of nitrogens with zero attached hydrogens (tertiary/aromatic N) is 2. The summed E-state index contributed by atoms with van der Waals surface area (Å²) < 4.78 is 1.54. The molecule has 0 saturated heterocycles. The zero-order valence-corrected chi connectivity index (χ0v) is 8.84. The van der Waals surface area contributed by atoms with Crippen molar-refractivity contribution in [2.24, 2.45) is 5.73 Å². The molecule has 0 radical (unpaired) electrons. The van der Waals surface area contributed by atoms with Crippen molar-refractivity contribution in [1.82, 2.24) is 9.78 Å². The molecule has 0 spiro atoms. The Morgan fingerprint density at radius 3 is 2.75 bits per heavy atom. The van der Waals surface area contributed by atoms with Gasteiger partial charge in [0.25, 0.3) is 5.91 Å². The third kappa shape index (κ3) is 1.63. The van der Waals surface area contributed by atoms with Crippen molar-refractivity contribution < 1.29 is 4.79 Å². The molecule has 1 aromatic heterocycles. The quantitative estimate of drug-likeness (QED) is 0.730. The number of aryl methyl sites for hydroxylation is 1. The van der Waals surface area contributed by atoms with E-state index in [0.717, 1.165) is 11.3 Å². The Bertz CT molecular complexity index is 545. The van der Waals surface area contributed by atoms with Gasteiger partial charge in [-0.25, -0.2) is 4.68 Å². The monoisotopic (exact) mass is 216 g/mol. The lowest BCUT2D eigenvalue weighted by atomic mass is 10.2. The van der Waals surface area contributed by atoms with E-state index in [1.54, 1.807) is 16.9 Å². The average Bonchev–Trinajstić information content (AvgIpc) is 2.71. The molecule has 0 atom stereocenters. The minimum atomic E-state index is -0.551. The second-order valence-corrected chi connectivity index (χ2v) is 3.52. The van der Waals surface area contributed by atoms with E-state index in [0.29, 0.717) is 5.69 Å². The lowest BCUT2D eigenvalue weighted by Crippen LogP contribution is -2.12. The third-order valence-corrected chi connectivity index (χ3v) is 2.39. The molecular weight excluding hydrogens is 204 g/mol. The topological polar surface area (TPSA) is 86.9 Å². The highest BCUT2D eigenvalue weighted by Crippen LogP contribution is 2.20. The first-order valence-corrected chi connectivity index (χ1v) is 4.80. The Morgan fingerprint density at radius 2 is 2.12 bits per heavy atom. The molecule has 0 aliphatic rings. The second-order valence-electron chi connectivity index (χ2n) is 3.52. The number of carbonyl (C=O) groups is 1. The van der Waals surface area contributed by atoms with Crippen LogP contribution in [0, 0.1) is 6.92 Å². The molecule has 5 nitrogen and oxygen atoms in total. The van der Waals surface area contributed by atoms with Crippen LogP contribution in [0.4, 0.5) is 5.69 Å². The van der Waals surface area contributed by atoms with Crippen molar-refractivity contribution >= 4 is 11.6 Å². The summed E-state index contributed by atoms with van der Waals surface area (Å²) >= 11 is 0. The summed E-state index contributed by atoms with van der Waals surface area (Å²) in [5.41, 5.74) is 13.6. The number of hydrogen-bond acceptors (Lipinski definition) is 3. The van der Waals surface area contributed by atoms with E-state index < -0.39 is 5.91 Å². The summed E-state index contributed by atoms with van der Waals surface area (Å²) in [6, 6.07) is 7.19. The van der Waals surface area contributed by atoms with Crippen LogP contribution in [0.2, 0.25) is 0 Å². The van der Waals surface area contributed by atoms with Crippen molar-refractivity contribution in [3.8, 4) is 5.69 Å². The van der Waals surface area contributed by atoms with Gasteiger partial charge >= 0.3 is 0 Å². The Balaban J connectivity index is 2.50. The zero-order chi connectivity index (χ0) is 11.7. The molecule has 1 aromatic carbocycles. The smallest absolute Gasteiger partial charge is 0.269 e. The summed E-state index contributed by atoms with van der Waals surface area (Å²) in [4.78, 5) is 10.9. The summed E-state index contributed by atoms with van der Waals surface area (Å²) in [5.74, 6) is -0.551. The van der Waals surface area contributed by atoms with Gasteiger partial charge in [-0.05, 0) is 24.6 Å². The second kappa shape index (κ2) is 3.69. The molecule has 0 bridgehead atoms. The summed E-state index contributed by atoms with van der Waals surface area (Å²) in [7, 11) is 0. The standard InChI is InChI=1S/C11H12N4O/c1-7-3-2-4-9(10(7)12)15-6-5-8(14-15)11(13)16/h2-6H,12H2,1H3,(H2,13,16). The van der Waals surface area contributed by atoms with Crippen LogP contribution < -0.4 is 11.5 Å². The lowest BCUT2D eigenvalue weighted by Gasteiger charge is -2.07. The van der Waals surface area contributed by atoms with Crippen LogP contribution in [0.3, 0.4) is 0 Å². The normalized spacial score (nSPS) is 10.3. The van der Waals surface area contributed by atoms with Crippen molar-refractivity contribution in [3.05, 3.63) is 41.7 Å². The fraction of sp³-hybridized carbons (Fsp3) is 0.0909. The van der Waals surface area contributed by atoms with E-state index in [9.17, 15) is 4.79 Å². The fourth-order valence-corrected chi connectivity index (χ4v) is 1.45. The van der Waals surface area contributed by atoms with Crippen LogP contribution in [0.15, 0.2) is 30.5 Å². The number of aromatic nitrogens is 2. The van der Waals surface area contributed by atoms with Crippen LogP contribution in [0.1, 0.15) is 16.1 Å². The molecule has 16 heavy (non-hydrogen) atoms. The molecule has 0 fully saturated rings. The van der Waals surface area contributed by atoms with Gasteiger partial charge in [-0.3, -0.25) is 4.79 Å². The molecule has 2 rings (SSSR count). The van der Waals surface area contributed by atoms with Crippen molar-refractivity contribution in [3.63, 3.8) is 0 Å². The summed E-state index contributed by atoms with van der Waals surface area (Å²) in [6.45, 7) is 1.91. The number of nitrogen functional groups attached to an aromatic ring is 1. The van der Waals surface area contributed by atoms with Crippen molar-refractivity contribution in [2.75, 3.05) is 5.73 Å². The largest absolute Gasteiger partial charge is 0.397 e. The van der Waals surface area contributed by atoms with Gasteiger partial charge < -0.3 is 11.5 Å². The van der Waals surface area contributed by atoms with Crippen molar-refractivity contribution in [2.45, 2.75) is 6.92 Å². The SMILES string of the molecule is Cc1cccc(-n2ccc(C(N)=O)n2)c1N. The predicted octanol–water partition coefficient (Wildman–Crippen LogP) is 0.862. The molecule has 0 aliphatic carbocycles. The van der Waals surface area contributed by atoms with Gasteiger partial charge in [-0.2, -0.15) is 5.10 Å². The molecular formula is C11H12N4O. The molecule has 5 heteroatoms. The van der Waals surface area contributed by atoms with Crippen molar-refractivity contribution in [1.29, 1.82) is 0 Å². The number of nitrogens with two attached hydrogens (primary N) is 2. The third-order valence-electron chi connectivity index (χ3n) is 2.39. The molecule has 4 N–H and O–H groups in total. The number of rotatable bonds is 2. The molecule has 0 saturated carbocycles. The van der Waals surface area contributed by atoms with Gasteiger partial charge in [0.1, 0.15) is 5.69 Å². The number of carbonyl (C=O) groups excluding carboxylic acids is 1. The minimum Gasteiger partial charge on any atom is -0.397 e. The maximum Gasteiger partial charge on any atom is 0.269 e. The Hall–Kier alpha value is -2.30. The van der Waals surface area contributed by atoms with E-state index in [-0.39, 0.29) is 5.69 Å². The molecule has 2 aromatic rings. The molecule has 1 heterocycles. The van der Waals surface area contributed by atoms with E-state index >= 15 is 0 Å². The maximum atomic E-state index is 10.9. The summed E-state index contributed by atoms with van der Waals surface area (Å²) in [5, 5.41) is 4.04. The van der Waals surface area contributed by atoms with Crippen LogP contribution in [0.25, 0.3) is 5.69 Å². The first-order valence-electron chi connectivity index (χ1n) is 4.80. The Morgan fingerprint density at radius 1 is 1.38 bits per heavy atom. The number of hydrogen-bond donors (Lipinski definition) is 2. The highest BCUT2D eigenvalue weighted by Gasteiger charge is 2.08. The molecule has 1 amide bonds. The van der Waals surface area contributed by atoms with E-state index in [1.807, 2.05) is 25.1 Å². The minimum absolute atomic E-state index is 0.223. The predicted molar refractivity (Wildman–Crippen MR) is 61.2 cm³/mol. The van der Waals surface area contributed by atoms with Gasteiger partial charge in [0.05, 0.1) is 11.4 Å². The van der Waals surface area contributed by atoms with Gasteiger partial charge in [-0.1, -0.05) is 12.1 Å².